The quantitative estimate of drug-likeness (QED) is 0.602. The van der Waals surface area contributed by atoms with Crippen LogP contribution in [-0.4, -0.2) is 79.2 Å². The van der Waals surface area contributed by atoms with E-state index < -0.39 is 46.7 Å². The molecule has 3 heterocycles. The molecule has 1 aromatic heterocycles. The zero-order valence-electron chi connectivity index (χ0n) is 17.9. The Labute approximate surface area is 194 Å². The van der Waals surface area contributed by atoms with Crippen LogP contribution in [0.25, 0.3) is 0 Å². The number of alkyl halides is 2. The van der Waals surface area contributed by atoms with E-state index in [-0.39, 0.29) is 22.8 Å². The number of carbonyl (C=O) groups is 3. The number of ketones is 1. The molecule has 0 aromatic carbocycles. The molecule has 1 aromatic rings. The normalized spacial score (nSPS) is 18.6. The molecule has 0 bridgehead atoms. The summed E-state index contributed by atoms with van der Waals surface area (Å²) in [4.78, 5) is 39.8. The number of imide groups is 1. The second kappa shape index (κ2) is 8.16. The van der Waals surface area contributed by atoms with Crippen LogP contribution in [-0.2, 0) is 11.3 Å². The summed E-state index contributed by atoms with van der Waals surface area (Å²) >= 11 is 0.555. The lowest BCUT2D eigenvalue weighted by atomic mass is 10.0. The summed E-state index contributed by atoms with van der Waals surface area (Å²) in [7, 11) is 1.46. The topological polar surface area (TPSA) is 157 Å². The minimum Gasteiger partial charge on any atom is -0.496 e. The number of ether oxygens (including phenoxy) is 1. The van der Waals surface area contributed by atoms with Crippen molar-refractivity contribution in [3.8, 4) is 5.75 Å². The lowest BCUT2D eigenvalue weighted by molar-refractivity contribution is -0.129. The summed E-state index contributed by atoms with van der Waals surface area (Å²) < 4.78 is 39.0. The summed E-state index contributed by atoms with van der Waals surface area (Å²) in [6, 6.07) is 0. The fraction of sp³-hybridized carbons (Fsp3) is 0.316. The van der Waals surface area contributed by atoms with Crippen LogP contribution in [0.1, 0.15) is 16.8 Å². The number of pyridine rings is 1. The zero-order chi connectivity index (χ0) is 24.9. The van der Waals surface area contributed by atoms with Gasteiger partial charge in [-0.05, 0) is 25.8 Å². The summed E-state index contributed by atoms with van der Waals surface area (Å²) in [6.07, 6.45) is -2.34. The first-order chi connectivity index (χ1) is 16.0. The smallest absolute Gasteiger partial charge is 0.422 e. The van der Waals surface area contributed by atoms with Crippen molar-refractivity contribution < 1.29 is 38.1 Å². The number of aromatic nitrogens is 1. The lowest BCUT2D eigenvalue weighted by Gasteiger charge is -2.26. The molecule has 2 aliphatic heterocycles. The van der Waals surface area contributed by atoms with E-state index in [4.69, 9.17) is 4.74 Å². The molecule has 0 radical (unpaired) electrons. The second-order valence-corrected chi connectivity index (χ2v) is 8.05. The van der Waals surface area contributed by atoms with Crippen LogP contribution in [0.3, 0.4) is 0 Å². The van der Waals surface area contributed by atoms with Gasteiger partial charge in [0.15, 0.2) is 5.84 Å². The van der Waals surface area contributed by atoms with Gasteiger partial charge in [0, 0.05) is 34.2 Å². The highest BCUT2D eigenvalue weighted by molar-refractivity contribution is 7.98. The number of halogens is 2. The fourth-order valence-corrected chi connectivity index (χ4v) is 4.48. The van der Waals surface area contributed by atoms with Crippen molar-refractivity contribution in [3.05, 3.63) is 34.2 Å². The maximum absolute atomic E-state index is 14.9. The van der Waals surface area contributed by atoms with E-state index in [2.05, 4.69) is 19.6 Å². The highest BCUT2D eigenvalue weighted by Crippen LogP contribution is 2.41. The highest BCUT2D eigenvalue weighted by atomic mass is 32.2. The molecule has 0 unspecified atom stereocenters. The predicted octanol–water partition coefficient (Wildman–Crippen LogP) is 2.47. The van der Waals surface area contributed by atoms with Crippen LogP contribution in [0, 0.1) is 13.8 Å². The number of amidine groups is 1. The number of methoxy groups -OCH3 is 1. The van der Waals surface area contributed by atoms with Crippen molar-refractivity contribution in [1.29, 1.82) is 0 Å². The van der Waals surface area contributed by atoms with Gasteiger partial charge in [0.25, 0.3) is 0 Å². The Bertz CT molecular complexity index is 1260. The Hall–Kier alpha value is -3.88. The molecule has 0 saturated carbocycles. The van der Waals surface area contributed by atoms with Crippen molar-refractivity contribution in [2.75, 3.05) is 12.9 Å². The molecule has 15 heteroatoms. The number of hydrogen-bond donors (Lipinski definition) is 2. The van der Waals surface area contributed by atoms with E-state index >= 15 is 0 Å². The number of hydrogen-bond acceptors (Lipinski definition) is 10. The number of amides is 2. The van der Waals surface area contributed by atoms with Gasteiger partial charge in [0.2, 0.25) is 5.78 Å². The Morgan fingerprint density at radius 2 is 1.94 bits per heavy atom. The molecule has 2 N–H and O–H groups in total. The molecular formula is C19H16F2N6O6S. The van der Waals surface area contributed by atoms with Crippen LogP contribution < -0.4 is 4.74 Å². The summed E-state index contributed by atoms with van der Waals surface area (Å²) in [5.41, 5.74) is -0.594. The van der Waals surface area contributed by atoms with Crippen LogP contribution >= 0.6 is 11.9 Å². The maximum Gasteiger partial charge on any atom is 0.422 e. The predicted molar refractivity (Wildman–Crippen MR) is 115 cm³/mol. The van der Waals surface area contributed by atoms with Crippen LogP contribution in [0.5, 0.6) is 5.75 Å². The monoisotopic (exact) mass is 494 g/mol. The van der Waals surface area contributed by atoms with E-state index in [0.29, 0.717) is 29.0 Å². The standard InChI is InChI=1S/C19H16F2N6O6S/c1-7-4-22-10(8(2)13(7)33-3)5-26-23-12-11-9(15(28)19(20,21)14(11)24-26)6-34-25-16(12)27(17(29)30)18(31)32/h4H,5-6H2,1-3H3,(H,29,30)(H,31,32). The Morgan fingerprint density at radius 3 is 2.56 bits per heavy atom. The summed E-state index contributed by atoms with van der Waals surface area (Å²) in [5, 5.41) is 27.6. The number of carboxylic acid groups (broad SMARTS) is 2. The van der Waals surface area contributed by atoms with Crippen LogP contribution in [0.2, 0.25) is 0 Å². The first-order valence-electron chi connectivity index (χ1n) is 9.56. The molecule has 4 rings (SSSR count). The third-order valence-electron chi connectivity index (χ3n) is 5.27. The lowest BCUT2D eigenvalue weighted by Crippen LogP contribution is -2.47. The molecule has 34 heavy (non-hydrogen) atoms. The van der Waals surface area contributed by atoms with Gasteiger partial charge < -0.3 is 14.9 Å². The van der Waals surface area contributed by atoms with Gasteiger partial charge in [-0.2, -0.15) is 33.4 Å². The van der Waals surface area contributed by atoms with Crippen LogP contribution in [0.15, 0.2) is 31.9 Å². The van der Waals surface area contributed by atoms with Gasteiger partial charge in [0.1, 0.15) is 23.7 Å². The second-order valence-electron chi connectivity index (χ2n) is 7.32. The van der Waals surface area contributed by atoms with Gasteiger partial charge >= 0.3 is 18.1 Å². The maximum atomic E-state index is 14.9. The molecule has 0 saturated heterocycles. The van der Waals surface area contributed by atoms with Gasteiger partial charge in [0.05, 0.1) is 12.8 Å². The molecule has 1 aliphatic carbocycles. The van der Waals surface area contributed by atoms with Gasteiger partial charge in [-0.1, -0.05) is 0 Å². The van der Waals surface area contributed by atoms with Gasteiger partial charge in [-0.25, -0.2) is 9.59 Å². The average molecular weight is 494 g/mol. The van der Waals surface area contributed by atoms with E-state index in [1.807, 2.05) is 0 Å². The largest absolute Gasteiger partial charge is 0.496 e. The van der Waals surface area contributed by atoms with E-state index in [1.54, 1.807) is 13.8 Å². The van der Waals surface area contributed by atoms with Crippen molar-refractivity contribution in [3.63, 3.8) is 0 Å². The Morgan fingerprint density at radius 1 is 1.26 bits per heavy atom. The number of carbonyl (C=O) groups excluding carboxylic acids is 1. The van der Waals surface area contributed by atoms with Gasteiger partial charge in [-0.15, -0.1) is 0 Å². The molecule has 178 valence electrons. The molecule has 0 fully saturated rings. The van der Waals surface area contributed by atoms with E-state index in [9.17, 15) is 33.4 Å². The summed E-state index contributed by atoms with van der Waals surface area (Å²) in [5.74, 6) is -6.10. The molecule has 12 nitrogen and oxygen atoms in total. The van der Waals surface area contributed by atoms with E-state index in [0.717, 1.165) is 10.7 Å². The fourth-order valence-electron chi connectivity index (χ4n) is 3.72. The number of Topliss-reactive ketones (excluding diaryl/α,β-unsaturated/α-hetero) is 1. The minimum atomic E-state index is -4.02. The Kier molecular flexibility index (Phi) is 5.59. The van der Waals surface area contributed by atoms with Crippen molar-refractivity contribution in [2.45, 2.75) is 26.3 Å². The summed E-state index contributed by atoms with van der Waals surface area (Å²) in [6.45, 7) is 3.20. The van der Waals surface area contributed by atoms with Crippen LogP contribution in [0.4, 0.5) is 18.4 Å². The third-order valence-corrected chi connectivity index (χ3v) is 5.99. The third kappa shape index (κ3) is 3.48. The molecule has 0 spiro atoms. The van der Waals surface area contributed by atoms with Crippen molar-refractivity contribution in [1.82, 2.24) is 15.0 Å². The molecule has 2 amide bonds. The SMILES string of the molecule is COc1c(C)cnc(CN2N=C3C(N(C(=O)O)C(=O)O)=NSCC4=C3C(=N2)C(F)(F)C4=O)c1C. The molecule has 3 aliphatic rings. The van der Waals surface area contributed by atoms with Crippen molar-refractivity contribution in [2.24, 2.45) is 14.6 Å². The van der Waals surface area contributed by atoms with E-state index in [1.165, 1.54) is 13.3 Å². The minimum absolute atomic E-state index is 0.151. The Balaban J connectivity index is 1.88. The number of rotatable bonds is 3. The molecule has 0 atom stereocenters. The number of hydrazone groups is 2. The average Bonchev–Trinajstić information content (AvgIpc) is 2.87. The first kappa shape index (κ1) is 23.3. The number of nitrogens with zero attached hydrogens (tertiary/aromatic N) is 6. The van der Waals surface area contributed by atoms with Gasteiger partial charge in [-0.3, -0.25) is 9.78 Å². The highest BCUT2D eigenvalue weighted by Gasteiger charge is 2.58. The zero-order valence-corrected chi connectivity index (χ0v) is 18.7. The first-order valence-corrected chi connectivity index (χ1v) is 10.5. The van der Waals surface area contributed by atoms with Crippen molar-refractivity contribution >= 4 is 47.2 Å². The molecular weight excluding hydrogens is 478 g/mol. The number of aryl methyl sites for hydroxylation is 1.